The van der Waals surface area contributed by atoms with E-state index in [9.17, 15) is 4.79 Å². The maximum absolute atomic E-state index is 12.4. The first-order valence-corrected chi connectivity index (χ1v) is 5.97. The molecule has 0 spiro atoms. The predicted molar refractivity (Wildman–Crippen MR) is 62.5 cm³/mol. The van der Waals surface area contributed by atoms with Gasteiger partial charge in [-0.25, -0.2) is 0 Å². The summed E-state index contributed by atoms with van der Waals surface area (Å²) in [6, 6.07) is 0.356. The molecule has 2 rings (SSSR count). The summed E-state index contributed by atoms with van der Waals surface area (Å²) in [7, 11) is 0. The van der Waals surface area contributed by atoms with E-state index in [1.165, 1.54) is 6.42 Å². The highest BCUT2D eigenvalue weighted by Gasteiger charge is 2.27. The van der Waals surface area contributed by atoms with Crippen molar-refractivity contribution in [2.45, 2.75) is 46.1 Å². The van der Waals surface area contributed by atoms with E-state index in [2.05, 4.69) is 6.92 Å². The van der Waals surface area contributed by atoms with Crippen LogP contribution in [0.15, 0.2) is 10.7 Å². The monoisotopic (exact) mass is 221 g/mol. The fourth-order valence-corrected chi connectivity index (χ4v) is 2.43. The number of likely N-dealkylation sites (tertiary alicyclic amines) is 1. The van der Waals surface area contributed by atoms with Crippen LogP contribution >= 0.6 is 0 Å². The van der Waals surface area contributed by atoms with Crippen LogP contribution in [0, 0.1) is 13.8 Å². The van der Waals surface area contributed by atoms with Gasteiger partial charge in [0.15, 0.2) is 0 Å². The van der Waals surface area contributed by atoms with Crippen LogP contribution < -0.4 is 0 Å². The highest BCUT2D eigenvalue weighted by Crippen LogP contribution is 2.23. The van der Waals surface area contributed by atoms with Crippen LogP contribution in [0.2, 0.25) is 0 Å². The van der Waals surface area contributed by atoms with Gasteiger partial charge in [-0.2, -0.15) is 0 Å². The number of hydrogen-bond donors (Lipinski definition) is 0. The normalized spacial score (nSPS) is 21.2. The number of aryl methyl sites for hydroxylation is 2. The second-order valence-electron chi connectivity index (χ2n) is 4.69. The van der Waals surface area contributed by atoms with Crippen molar-refractivity contribution in [2.75, 3.05) is 6.54 Å². The van der Waals surface area contributed by atoms with Gasteiger partial charge < -0.3 is 9.32 Å². The molecular weight excluding hydrogens is 202 g/mol. The third-order valence-corrected chi connectivity index (χ3v) is 3.44. The molecule has 3 heteroatoms. The SMILES string of the molecule is Cc1coc(C)c1C(=O)N1CCCCC1C. The van der Waals surface area contributed by atoms with Crippen LogP contribution in [-0.4, -0.2) is 23.4 Å². The Morgan fingerprint density at radius 3 is 2.75 bits per heavy atom. The van der Waals surface area contributed by atoms with E-state index in [-0.39, 0.29) is 5.91 Å². The first-order chi connectivity index (χ1) is 7.61. The van der Waals surface area contributed by atoms with E-state index in [4.69, 9.17) is 4.42 Å². The molecule has 88 valence electrons. The summed E-state index contributed by atoms with van der Waals surface area (Å²) in [5.41, 5.74) is 1.70. The summed E-state index contributed by atoms with van der Waals surface area (Å²) in [5, 5.41) is 0. The average Bonchev–Trinajstić information content (AvgIpc) is 2.58. The van der Waals surface area contributed by atoms with Gasteiger partial charge in [0.05, 0.1) is 11.8 Å². The van der Waals surface area contributed by atoms with Crippen molar-refractivity contribution in [1.29, 1.82) is 0 Å². The number of carbonyl (C=O) groups is 1. The highest BCUT2D eigenvalue weighted by atomic mass is 16.3. The number of amides is 1. The molecule has 1 aliphatic heterocycles. The maximum Gasteiger partial charge on any atom is 0.257 e. The number of rotatable bonds is 1. The van der Waals surface area contributed by atoms with E-state index in [0.29, 0.717) is 6.04 Å². The summed E-state index contributed by atoms with van der Waals surface area (Å²) in [6.07, 6.45) is 5.12. The van der Waals surface area contributed by atoms with Crippen LogP contribution in [0.4, 0.5) is 0 Å². The van der Waals surface area contributed by atoms with Crippen molar-refractivity contribution in [3.63, 3.8) is 0 Å². The Morgan fingerprint density at radius 2 is 2.19 bits per heavy atom. The molecule has 0 aliphatic carbocycles. The molecule has 1 aromatic heterocycles. The molecule has 3 nitrogen and oxygen atoms in total. The third kappa shape index (κ3) is 1.86. The standard InChI is InChI=1S/C13H19NO2/c1-9-8-16-11(3)12(9)13(15)14-7-5-4-6-10(14)2/h8,10H,4-7H2,1-3H3. The lowest BCUT2D eigenvalue weighted by Gasteiger charge is -2.33. The van der Waals surface area contributed by atoms with E-state index in [1.54, 1.807) is 6.26 Å². The molecule has 0 N–H and O–H groups in total. The number of piperidine rings is 1. The Labute approximate surface area is 96.4 Å². The summed E-state index contributed by atoms with van der Waals surface area (Å²) >= 11 is 0. The Balaban J connectivity index is 2.24. The summed E-state index contributed by atoms with van der Waals surface area (Å²) < 4.78 is 5.29. The lowest BCUT2D eigenvalue weighted by Crippen LogP contribution is -2.42. The second-order valence-corrected chi connectivity index (χ2v) is 4.69. The minimum absolute atomic E-state index is 0.135. The van der Waals surface area contributed by atoms with E-state index < -0.39 is 0 Å². The first kappa shape index (κ1) is 11.2. The Kier molecular flexibility index (Phi) is 3.03. The molecule has 1 unspecified atom stereocenters. The van der Waals surface area contributed by atoms with Crippen LogP contribution in [0.3, 0.4) is 0 Å². The Bertz CT molecular complexity index is 375. The summed E-state index contributed by atoms with van der Waals surface area (Å²) in [5.74, 6) is 0.872. The molecule has 1 atom stereocenters. The fraction of sp³-hybridized carbons (Fsp3) is 0.615. The van der Waals surface area contributed by atoms with E-state index in [1.807, 2.05) is 18.7 Å². The molecule has 1 aromatic rings. The number of furan rings is 1. The quantitative estimate of drug-likeness (QED) is 0.730. The van der Waals surface area contributed by atoms with Crippen LogP contribution in [0.1, 0.15) is 47.9 Å². The van der Waals surface area contributed by atoms with Gasteiger partial charge in [0.25, 0.3) is 5.91 Å². The van der Waals surface area contributed by atoms with Gasteiger partial charge in [-0.1, -0.05) is 0 Å². The van der Waals surface area contributed by atoms with Gasteiger partial charge >= 0.3 is 0 Å². The molecule has 16 heavy (non-hydrogen) atoms. The van der Waals surface area contributed by atoms with Gasteiger partial charge in [0.2, 0.25) is 0 Å². The molecule has 1 fully saturated rings. The lowest BCUT2D eigenvalue weighted by atomic mass is 10.0. The van der Waals surface area contributed by atoms with Crippen molar-refractivity contribution in [1.82, 2.24) is 4.90 Å². The Morgan fingerprint density at radius 1 is 1.44 bits per heavy atom. The van der Waals surface area contributed by atoms with E-state index in [0.717, 1.165) is 36.3 Å². The van der Waals surface area contributed by atoms with E-state index >= 15 is 0 Å². The smallest absolute Gasteiger partial charge is 0.257 e. The molecule has 1 amide bonds. The van der Waals surface area contributed by atoms with Crippen molar-refractivity contribution in [2.24, 2.45) is 0 Å². The van der Waals surface area contributed by atoms with Crippen molar-refractivity contribution >= 4 is 5.91 Å². The molecule has 0 bridgehead atoms. The minimum atomic E-state index is 0.135. The molecule has 0 radical (unpaired) electrons. The highest BCUT2D eigenvalue weighted by molar-refractivity contribution is 5.96. The van der Waals surface area contributed by atoms with Gasteiger partial charge in [-0.3, -0.25) is 4.79 Å². The fourth-order valence-electron chi connectivity index (χ4n) is 2.43. The van der Waals surface area contributed by atoms with Gasteiger partial charge in [-0.15, -0.1) is 0 Å². The molecule has 0 aromatic carbocycles. The van der Waals surface area contributed by atoms with Gasteiger partial charge in [-0.05, 0) is 40.0 Å². The molecule has 1 aliphatic rings. The molecule has 1 saturated heterocycles. The second kappa shape index (κ2) is 4.32. The van der Waals surface area contributed by atoms with Crippen LogP contribution in [0.25, 0.3) is 0 Å². The zero-order valence-corrected chi connectivity index (χ0v) is 10.2. The molecular formula is C13H19NO2. The Hall–Kier alpha value is -1.25. The largest absolute Gasteiger partial charge is 0.469 e. The van der Waals surface area contributed by atoms with Crippen molar-refractivity contribution < 1.29 is 9.21 Å². The number of carbonyl (C=O) groups excluding carboxylic acids is 1. The lowest BCUT2D eigenvalue weighted by molar-refractivity contribution is 0.0633. The average molecular weight is 221 g/mol. The van der Waals surface area contributed by atoms with Gasteiger partial charge in [0.1, 0.15) is 5.76 Å². The third-order valence-electron chi connectivity index (χ3n) is 3.44. The zero-order chi connectivity index (χ0) is 11.7. The van der Waals surface area contributed by atoms with Gasteiger partial charge in [0, 0.05) is 18.2 Å². The zero-order valence-electron chi connectivity index (χ0n) is 10.2. The first-order valence-electron chi connectivity index (χ1n) is 5.97. The maximum atomic E-state index is 12.4. The molecule has 2 heterocycles. The predicted octanol–water partition coefficient (Wildman–Crippen LogP) is 2.91. The summed E-state index contributed by atoms with van der Waals surface area (Å²) in [6.45, 7) is 6.79. The van der Waals surface area contributed by atoms with Crippen molar-refractivity contribution in [3.05, 3.63) is 23.2 Å². The number of hydrogen-bond acceptors (Lipinski definition) is 2. The van der Waals surface area contributed by atoms with Crippen LogP contribution in [-0.2, 0) is 0 Å². The summed E-state index contributed by atoms with van der Waals surface area (Å²) in [4.78, 5) is 14.4. The number of nitrogens with zero attached hydrogens (tertiary/aromatic N) is 1. The minimum Gasteiger partial charge on any atom is -0.469 e. The topological polar surface area (TPSA) is 33.5 Å². The van der Waals surface area contributed by atoms with Crippen LogP contribution in [0.5, 0.6) is 0 Å². The van der Waals surface area contributed by atoms with Crippen molar-refractivity contribution in [3.8, 4) is 0 Å². The molecule has 0 saturated carbocycles.